The molecule has 1 N–H and O–H groups in total. The van der Waals surface area contributed by atoms with Crippen LogP contribution in [0.2, 0.25) is 0 Å². The van der Waals surface area contributed by atoms with Gasteiger partial charge in [0.2, 0.25) is 15.6 Å². The molecular formula is C15H19N5O4S. The molecule has 1 amide bonds. The van der Waals surface area contributed by atoms with Crippen LogP contribution in [0.1, 0.15) is 16.8 Å². The first-order valence-corrected chi connectivity index (χ1v) is 9.29. The molecule has 3 heterocycles. The van der Waals surface area contributed by atoms with Crippen molar-refractivity contribution in [2.24, 2.45) is 7.05 Å². The highest BCUT2D eigenvalue weighted by atomic mass is 32.2. The van der Waals surface area contributed by atoms with Crippen molar-refractivity contribution in [1.29, 1.82) is 0 Å². The lowest BCUT2D eigenvalue weighted by Crippen LogP contribution is -2.37. The molecule has 1 saturated heterocycles. The van der Waals surface area contributed by atoms with Gasteiger partial charge in [0.05, 0.1) is 11.8 Å². The number of aromatic nitrogens is 3. The number of hydrogen-bond donors (Lipinski definition) is 1. The summed E-state index contributed by atoms with van der Waals surface area (Å²) >= 11 is 0. The van der Waals surface area contributed by atoms with Crippen LogP contribution in [0.5, 0.6) is 0 Å². The molecule has 10 heteroatoms. The molecule has 1 fully saturated rings. The Labute approximate surface area is 144 Å². The number of nitrogens with zero attached hydrogens (tertiary/aromatic N) is 4. The summed E-state index contributed by atoms with van der Waals surface area (Å²) in [5.74, 6) is -0.225. The number of pyridine rings is 1. The number of amides is 1. The van der Waals surface area contributed by atoms with E-state index in [0.29, 0.717) is 25.1 Å². The van der Waals surface area contributed by atoms with Gasteiger partial charge in [-0.25, -0.2) is 8.42 Å². The summed E-state index contributed by atoms with van der Waals surface area (Å²) in [6.07, 6.45) is 4.70. The van der Waals surface area contributed by atoms with Crippen molar-refractivity contribution in [3.05, 3.63) is 46.6 Å². The van der Waals surface area contributed by atoms with E-state index >= 15 is 0 Å². The van der Waals surface area contributed by atoms with E-state index in [0.717, 1.165) is 0 Å². The fraction of sp³-hybridized carbons (Fsp3) is 0.400. The Kier molecular flexibility index (Phi) is 4.73. The normalized spacial score (nSPS) is 16.6. The number of nitrogens with one attached hydrogen (secondary N) is 1. The van der Waals surface area contributed by atoms with Crippen LogP contribution < -0.4 is 5.56 Å². The van der Waals surface area contributed by atoms with E-state index in [9.17, 15) is 18.0 Å². The Balaban J connectivity index is 1.73. The highest BCUT2D eigenvalue weighted by Gasteiger charge is 2.29. The van der Waals surface area contributed by atoms with E-state index in [4.69, 9.17) is 0 Å². The lowest BCUT2D eigenvalue weighted by Gasteiger charge is -2.21. The second-order valence-electron chi connectivity index (χ2n) is 5.84. The van der Waals surface area contributed by atoms with Crippen molar-refractivity contribution in [1.82, 2.24) is 24.0 Å². The van der Waals surface area contributed by atoms with Gasteiger partial charge in [0.1, 0.15) is 4.90 Å². The van der Waals surface area contributed by atoms with Crippen LogP contribution in [0.15, 0.2) is 40.4 Å². The van der Waals surface area contributed by atoms with Gasteiger partial charge in [-0.2, -0.15) is 9.40 Å². The van der Waals surface area contributed by atoms with Gasteiger partial charge in [-0.05, 0) is 12.5 Å². The molecule has 134 valence electrons. The van der Waals surface area contributed by atoms with Crippen molar-refractivity contribution in [2.75, 3.05) is 26.2 Å². The van der Waals surface area contributed by atoms with Crippen LogP contribution in [0.4, 0.5) is 0 Å². The second kappa shape index (κ2) is 6.81. The third-order valence-corrected chi connectivity index (χ3v) is 5.94. The zero-order valence-electron chi connectivity index (χ0n) is 13.8. The fourth-order valence-corrected chi connectivity index (χ4v) is 4.20. The second-order valence-corrected chi connectivity index (χ2v) is 7.78. The minimum Gasteiger partial charge on any atom is -0.337 e. The van der Waals surface area contributed by atoms with E-state index in [2.05, 4.69) is 10.1 Å². The highest BCUT2D eigenvalue weighted by molar-refractivity contribution is 7.89. The Bertz CT molecular complexity index is 913. The van der Waals surface area contributed by atoms with E-state index in [-0.39, 0.29) is 29.5 Å². The molecule has 1 aliphatic rings. The summed E-state index contributed by atoms with van der Waals surface area (Å²) in [5.41, 5.74) is 0.101. The molecule has 9 nitrogen and oxygen atoms in total. The molecule has 0 radical (unpaired) electrons. The maximum atomic E-state index is 12.7. The maximum absolute atomic E-state index is 12.7. The summed E-state index contributed by atoms with van der Waals surface area (Å²) in [6.45, 7) is 1.30. The minimum absolute atomic E-state index is 0.149. The third kappa shape index (κ3) is 3.64. The lowest BCUT2D eigenvalue weighted by molar-refractivity contribution is 0.0764. The summed E-state index contributed by atoms with van der Waals surface area (Å²) in [7, 11) is -1.96. The largest absolute Gasteiger partial charge is 0.337 e. The van der Waals surface area contributed by atoms with Crippen LogP contribution in [0, 0.1) is 0 Å². The zero-order valence-corrected chi connectivity index (χ0v) is 14.6. The Morgan fingerprint density at radius 2 is 2.00 bits per heavy atom. The molecule has 0 spiro atoms. The maximum Gasteiger partial charge on any atom is 0.255 e. The molecule has 0 atom stereocenters. The Hall–Kier alpha value is -2.46. The molecule has 0 saturated carbocycles. The van der Waals surface area contributed by atoms with E-state index in [1.807, 2.05) is 0 Å². The van der Waals surface area contributed by atoms with Gasteiger partial charge in [0.15, 0.2) is 0 Å². The smallest absolute Gasteiger partial charge is 0.255 e. The molecule has 0 bridgehead atoms. The number of sulfonamides is 1. The summed E-state index contributed by atoms with van der Waals surface area (Å²) < 4.78 is 28.2. The fourth-order valence-electron chi connectivity index (χ4n) is 2.74. The molecule has 1 aliphatic heterocycles. The Morgan fingerprint density at radius 1 is 1.20 bits per heavy atom. The SMILES string of the molecule is Cn1cc(S(=O)(=O)N2CCCN(C(=O)c3ccc(=O)[nH]c3)CC2)cn1. The van der Waals surface area contributed by atoms with Crippen LogP contribution in [0.25, 0.3) is 0 Å². The van der Waals surface area contributed by atoms with Crippen molar-refractivity contribution >= 4 is 15.9 Å². The van der Waals surface area contributed by atoms with E-state index < -0.39 is 10.0 Å². The van der Waals surface area contributed by atoms with Crippen LogP contribution in [-0.2, 0) is 17.1 Å². The lowest BCUT2D eigenvalue weighted by atomic mass is 10.2. The Morgan fingerprint density at radius 3 is 2.64 bits per heavy atom. The first-order chi connectivity index (χ1) is 11.9. The molecule has 0 aliphatic carbocycles. The topological polar surface area (TPSA) is 108 Å². The molecule has 2 aromatic rings. The molecule has 25 heavy (non-hydrogen) atoms. The number of carbonyl (C=O) groups is 1. The molecule has 3 rings (SSSR count). The standard InChI is InChI=1S/C15H19N5O4S/c1-18-11-13(10-17-18)25(23,24)20-6-2-5-19(7-8-20)15(22)12-3-4-14(21)16-9-12/h3-4,9-11H,2,5-8H2,1H3,(H,16,21). The van der Waals surface area contributed by atoms with Crippen molar-refractivity contribution < 1.29 is 13.2 Å². The molecule has 0 unspecified atom stereocenters. The number of hydrogen-bond acceptors (Lipinski definition) is 5. The average Bonchev–Trinajstić information content (AvgIpc) is 2.88. The predicted molar refractivity (Wildman–Crippen MR) is 89.6 cm³/mol. The van der Waals surface area contributed by atoms with Crippen molar-refractivity contribution in [3.8, 4) is 0 Å². The van der Waals surface area contributed by atoms with E-state index in [1.54, 1.807) is 11.9 Å². The number of carbonyl (C=O) groups excluding carboxylic acids is 1. The number of aryl methyl sites for hydroxylation is 1. The average molecular weight is 365 g/mol. The highest BCUT2D eigenvalue weighted by Crippen LogP contribution is 2.17. The number of aromatic amines is 1. The minimum atomic E-state index is -3.62. The van der Waals surface area contributed by atoms with Gasteiger partial charge in [-0.15, -0.1) is 0 Å². The van der Waals surface area contributed by atoms with Gasteiger partial charge in [-0.1, -0.05) is 0 Å². The summed E-state index contributed by atoms with van der Waals surface area (Å²) in [4.78, 5) is 27.8. The summed E-state index contributed by atoms with van der Waals surface area (Å²) in [5, 5.41) is 3.91. The van der Waals surface area contributed by atoms with E-state index in [1.165, 1.54) is 39.7 Å². The van der Waals surface area contributed by atoms with Crippen molar-refractivity contribution in [3.63, 3.8) is 0 Å². The van der Waals surface area contributed by atoms with Crippen LogP contribution in [0.3, 0.4) is 0 Å². The van der Waals surface area contributed by atoms with Gasteiger partial charge < -0.3 is 9.88 Å². The van der Waals surface area contributed by atoms with Gasteiger partial charge in [0.25, 0.3) is 5.91 Å². The quantitative estimate of drug-likeness (QED) is 0.799. The monoisotopic (exact) mass is 365 g/mol. The molecule has 0 aromatic carbocycles. The van der Waals surface area contributed by atoms with Crippen LogP contribution in [-0.4, -0.2) is 64.5 Å². The van der Waals surface area contributed by atoms with Gasteiger partial charge >= 0.3 is 0 Å². The number of H-pyrrole nitrogens is 1. The first-order valence-electron chi connectivity index (χ1n) is 7.85. The summed E-state index contributed by atoms with van der Waals surface area (Å²) in [6, 6.07) is 2.76. The number of rotatable bonds is 3. The van der Waals surface area contributed by atoms with Gasteiger partial charge in [-0.3, -0.25) is 14.3 Å². The molecular weight excluding hydrogens is 346 g/mol. The van der Waals surface area contributed by atoms with Crippen LogP contribution >= 0.6 is 0 Å². The first kappa shape index (κ1) is 17.4. The third-order valence-electron chi connectivity index (χ3n) is 4.09. The molecule has 2 aromatic heterocycles. The van der Waals surface area contributed by atoms with Gasteiger partial charge in [0, 0.05) is 51.7 Å². The predicted octanol–water partition coefficient (Wildman–Crippen LogP) is -0.355. The zero-order chi connectivity index (χ0) is 18.0. The van der Waals surface area contributed by atoms with Crippen molar-refractivity contribution in [2.45, 2.75) is 11.3 Å².